The molecule has 90 valence electrons. The fraction of sp³-hybridized carbons (Fsp3) is 0.455. The van der Waals surface area contributed by atoms with Crippen LogP contribution in [0.15, 0.2) is 18.2 Å². The second kappa shape index (κ2) is 7.12. The third-order valence-corrected chi connectivity index (χ3v) is 3.38. The van der Waals surface area contributed by atoms with Gasteiger partial charge in [0.2, 0.25) is 0 Å². The Kier molecular flexibility index (Phi) is 6.13. The molecule has 0 amide bonds. The number of nitrogens with two attached hydrogens (primary N) is 1. The molecule has 5 heteroatoms. The van der Waals surface area contributed by atoms with Gasteiger partial charge in [-0.2, -0.15) is 11.8 Å². The fourth-order valence-corrected chi connectivity index (χ4v) is 2.22. The number of thioether (sulfide) groups is 1. The molecule has 1 atom stereocenters. The summed E-state index contributed by atoms with van der Waals surface area (Å²) in [4.78, 5) is 0. The molecular formula is C11H16ClFN2S. The van der Waals surface area contributed by atoms with Crippen molar-refractivity contribution in [2.45, 2.75) is 18.9 Å². The maximum atomic E-state index is 12.8. The van der Waals surface area contributed by atoms with Crippen LogP contribution in [-0.2, 0) is 6.42 Å². The van der Waals surface area contributed by atoms with E-state index in [0.29, 0.717) is 5.02 Å². The van der Waals surface area contributed by atoms with E-state index in [4.69, 9.17) is 17.4 Å². The Morgan fingerprint density at radius 3 is 2.88 bits per heavy atom. The zero-order valence-corrected chi connectivity index (χ0v) is 10.7. The van der Waals surface area contributed by atoms with Crippen LogP contribution in [0.3, 0.4) is 0 Å². The molecule has 1 aromatic carbocycles. The van der Waals surface area contributed by atoms with Gasteiger partial charge in [0.05, 0.1) is 0 Å². The molecule has 0 aromatic heterocycles. The van der Waals surface area contributed by atoms with Crippen molar-refractivity contribution in [1.29, 1.82) is 0 Å². The van der Waals surface area contributed by atoms with Gasteiger partial charge in [-0.15, -0.1) is 0 Å². The summed E-state index contributed by atoms with van der Waals surface area (Å²) >= 11 is 7.72. The fourth-order valence-electron chi connectivity index (χ4n) is 1.46. The number of hydrazine groups is 1. The summed E-state index contributed by atoms with van der Waals surface area (Å²) in [7, 11) is 0. The standard InChI is InChI=1S/C11H16ClFN2S/c1-16-5-4-10(15-14)6-8-2-3-9(13)7-11(8)12/h2-3,7,10,15H,4-6,14H2,1H3. The highest BCUT2D eigenvalue weighted by molar-refractivity contribution is 7.98. The molecule has 3 N–H and O–H groups in total. The minimum Gasteiger partial charge on any atom is -0.271 e. The Morgan fingerprint density at radius 2 is 2.31 bits per heavy atom. The van der Waals surface area contributed by atoms with Crippen LogP contribution < -0.4 is 11.3 Å². The van der Waals surface area contributed by atoms with E-state index in [9.17, 15) is 4.39 Å². The van der Waals surface area contributed by atoms with Gasteiger partial charge in [-0.1, -0.05) is 17.7 Å². The molecule has 2 nitrogen and oxygen atoms in total. The number of rotatable bonds is 6. The van der Waals surface area contributed by atoms with E-state index in [2.05, 4.69) is 11.7 Å². The molecule has 0 aliphatic heterocycles. The van der Waals surface area contributed by atoms with Crippen LogP contribution in [0.5, 0.6) is 0 Å². The molecule has 1 aromatic rings. The highest BCUT2D eigenvalue weighted by Gasteiger charge is 2.10. The van der Waals surface area contributed by atoms with Crippen LogP contribution in [0.1, 0.15) is 12.0 Å². The van der Waals surface area contributed by atoms with Gasteiger partial charge in [-0.05, 0) is 42.5 Å². The van der Waals surface area contributed by atoms with Gasteiger partial charge in [0, 0.05) is 11.1 Å². The zero-order chi connectivity index (χ0) is 12.0. The average molecular weight is 263 g/mol. The minimum absolute atomic E-state index is 0.176. The molecule has 0 aliphatic rings. The van der Waals surface area contributed by atoms with Crippen molar-refractivity contribution in [3.05, 3.63) is 34.6 Å². The summed E-state index contributed by atoms with van der Waals surface area (Å²) in [6, 6.07) is 4.64. The van der Waals surface area contributed by atoms with Gasteiger partial charge in [-0.3, -0.25) is 11.3 Å². The Bertz CT molecular complexity index is 336. The van der Waals surface area contributed by atoms with E-state index < -0.39 is 0 Å². The lowest BCUT2D eigenvalue weighted by Crippen LogP contribution is -2.37. The summed E-state index contributed by atoms with van der Waals surface area (Å²) in [6.07, 6.45) is 3.74. The van der Waals surface area contributed by atoms with E-state index in [-0.39, 0.29) is 11.9 Å². The summed E-state index contributed by atoms with van der Waals surface area (Å²) in [5.41, 5.74) is 3.68. The molecule has 1 rings (SSSR count). The van der Waals surface area contributed by atoms with Gasteiger partial charge in [0.15, 0.2) is 0 Å². The summed E-state index contributed by atoms with van der Waals surface area (Å²) in [6.45, 7) is 0. The van der Waals surface area contributed by atoms with Crippen LogP contribution in [0.4, 0.5) is 4.39 Å². The van der Waals surface area contributed by atoms with Gasteiger partial charge in [0.25, 0.3) is 0 Å². The van der Waals surface area contributed by atoms with E-state index >= 15 is 0 Å². The normalized spacial score (nSPS) is 12.8. The van der Waals surface area contributed by atoms with Gasteiger partial charge in [-0.25, -0.2) is 4.39 Å². The first-order chi connectivity index (χ1) is 7.67. The maximum absolute atomic E-state index is 12.8. The smallest absolute Gasteiger partial charge is 0.124 e. The molecule has 0 bridgehead atoms. The number of benzene rings is 1. The molecule has 16 heavy (non-hydrogen) atoms. The number of hydrogen-bond acceptors (Lipinski definition) is 3. The molecule has 0 aliphatic carbocycles. The Morgan fingerprint density at radius 1 is 1.56 bits per heavy atom. The minimum atomic E-state index is -0.310. The van der Waals surface area contributed by atoms with Crippen molar-refractivity contribution in [1.82, 2.24) is 5.43 Å². The monoisotopic (exact) mass is 262 g/mol. The lowest BCUT2D eigenvalue weighted by molar-refractivity contribution is 0.514. The van der Waals surface area contributed by atoms with E-state index in [0.717, 1.165) is 24.2 Å². The summed E-state index contributed by atoms with van der Waals surface area (Å²) in [5.74, 6) is 6.19. The largest absolute Gasteiger partial charge is 0.271 e. The molecule has 0 spiro atoms. The number of halogens is 2. The van der Waals surface area contributed by atoms with Crippen molar-refractivity contribution in [2.75, 3.05) is 12.0 Å². The van der Waals surface area contributed by atoms with Crippen LogP contribution >= 0.6 is 23.4 Å². The predicted molar refractivity (Wildman–Crippen MR) is 69.2 cm³/mol. The number of nitrogens with one attached hydrogen (secondary N) is 1. The quantitative estimate of drug-likeness (QED) is 0.611. The summed E-state index contributed by atoms with van der Waals surface area (Å²) < 4.78 is 12.8. The molecule has 1 unspecified atom stereocenters. The van der Waals surface area contributed by atoms with Crippen molar-refractivity contribution in [3.8, 4) is 0 Å². The number of hydrogen-bond donors (Lipinski definition) is 2. The molecular weight excluding hydrogens is 247 g/mol. The van der Waals surface area contributed by atoms with Crippen LogP contribution in [0.25, 0.3) is 0 Å². The van der Waals surface area contributed by atoms with Crippen molar-refractivity contribution < 1.29 is 4.39 Å². The Labute approximate surface area is 105 Å². The predicted octanol–water partition coefficient (Wildman–Crippen LogP) is 2.61. The SMILES string of the molecule is CSCCC(Cc1ccc(F)cc1Cl)NN. The molecule has 0 fully saturated rings. The first-order valence-corrected chi connectivity index (χ1v) is 6.83. The average Bonchev–Trinajstić information content (AvgIpc) is 2.27. The van der Waals surface area contributed by atoms with Crippen LogP contribution in [-0.4, -0.2) is 18.1 Å². The highest BCUT2D eigenvalue weighted by Crippen LogP contribution is 2.19. The van der Waals surface area contributed by atoms with E-state index in [1.54, 1.807) is 17.8 Å². The molecule has 0 saturated carbocycles. The van der Waals surface area contributed by atoms with Crippen molar-refractivity contribution in [3.63, 3.8) is 0 Å². The summed E-state index contributed by atoms with van der Waals surface area (Å²) in [5, 5.41) is 0.462. The van der Waals surface area contributed by atoms with Crippen molar-refractivity contribution >= 4 is 23.4 Å². The molecule has 0 saturated heterocycles. The first kappa shape index (κ1) is 13.8. The zero-order valence-electron chi connectivity index (χ0n) is 9.17. The highest BCUT2D eigenvalue weighted by atomic mass is 35.5. The van der Waals surface area contributed by atoms with Crippen molar-refractivity contribution in [2.24, 2.45) is 5.84 Å². The third-order valence-electron chi connectivity index (χ3n) is 2.39. The van der Waals surface area contributed by atoms with Gasteiger partial charge in [0.1, 0.15) is 5.82 Å². The maximum Gasteiger partial charge on any atom is 0.124 e. The molecule has 0 radical (unpaired) electrons. The van der Waals surface area contributed by atoms with E-state index in [1.807, 2.05) is 0 Å². The van der Waals surface area contributed by atoms with Crippen LogP contribution in [0.2, 0.25) is 5.02 Å². The third kappa shape index (κ3) is 4.29. The lowest BCUT2D eigenvalue weighted by Gasteiger charge is -2.16. The van der Waals surface area contributed by atoms with E-state index in [1.165, 1.54) is 12.1 Å². The van der Waals surface area contributed by atoms with Gasteiger partial charge >= 0.3 is 0 Å². The Balaban J connectivity index is 2.62. The first-order valence-electron chi connectivity index (χ1n) is 5.06. The van der Waals surface area contributed by atoms with Crippen LogP contribution in [0, 0.1) is 5.82 Å². The lowest BCUT2D eigenvalue weighted by atomic mass is 10.0. The second-order valence-electron chi connectivity index (χ2n) is 3.58. The molecule has 0 heterocycles. The van der Waals surface area contributed by atoms with Gasteiger partial charge < -0.3 is 0 Å². The second-order valence-corrected chi connectivity index (χ2v) is 4.98. The Hall–Kier alpha value is -0.290. The topological polar surface area (TPSA) is 38.0 Å².